The number of hydrogen-bond donors (Lipinski definition) is 2. The van der Waals surface area contributed by atoms with Crippen molar-refractivity contribution in [3.8, 4) is 6.07 Å². The predicted molar refractivity (Wildman–Crippen MR) is 69.8 cm³/mol. The first-order chi connectivity index (χ1) is 8.19. The van der Waals surface area contributed by atoms with Crippen LogP contribution in [0.5, 0.6) is 0 Å². The lowest BCUT2D eigenvalue weighted by atomic mass is 10.2. The number of nitriles is 1. The number of amides is 1. The Kier molecular flexibility index (Phi) is 5.89. The second kappa shape index (κ2) is 6.64. The molecule has 0 unspecified atom stereocenters. The number of aliphatic imine (C=N–C) groups is 1. The Labute approximate surface area is 108 Å². The van der Waals surface area contributed by atoms with Gasteiger partial charge in [0.15, 0.2) is 0 Å². The number of alkyl carbamates (subject to hydrolysis) is 1. The predicted octanol–water partition coefficient (Wildman–Crippen LogP) is 1.68. The number of rotatable bonds is 2. The molecule has 0 heterocycles. The van der Waals surface area contributed by atoms with Gasteiger partial charge >= 0.3 is 6.09 Å². The number of hydrogen-bond acceptors (Lipinski definition) is 5. The fraction of sp³-hybridized carbons (Fsp3) is 0.583. The van der Waals surface area contributed by atoms with Crippen LogP contribution in [-0.4, -0.2) is 23.6 Å². The summed E-state index contributed by atoms with van der Waals surface area (Å²) in [6.07, 6.45) is 0.426. The standard InChI is InChI=1S/C12H20N4O2/c1-8(2)15-10(9(6-13)7-14)16-11(17)18-12(3,4)5/h6,8H,13H2,1-5H3,(H,15,16,17)/b9-6-. The number of carbonyl (C=O) groups excluding carboxylic acids is 1. The van der Waals surface area contributed by atoms with Crippen molar-refractivity contribution in [3.63, 3.8) is 0 Å². The average Bonchev–Trinajstić information content (AvgIpc) is 2.14. The highest BCUT2D eigenvalue weighted by Gasteiger charge is 2.19. The van der Waals surface area contributed by atoms with Crippen LogP contribution in [0.15, 0.2) is 16.8 Å². The van der Waals surface area contributed by atoms with Crippen molar-refractivity contribution < 1.29 is 9.53 Å². The largest absolute Gasteiger partial charge is 0.444 e. The maximum atomic E-state index is 11.6. The zero-order chi connectivity index (χ0) is 14.3. The third-order valence-electron chi connectivity index (χ3n) is 1.55. The van der Waals surface area contributed by atoms with E-state index in [1.54, 1.807) is 20.8 Å². The molecule has 0 radical (unpaired) electrons. The minimum Gasteiger partial charge on any atom is -0.444 e. The van der Waals surface area contributed by atoms with Gasteiger partial charge in [0.2, 0.25) is 0 Å². The monoisotopic (exact) mass is 252 g/mol. The highest BCUT2D eigenvalue weighted by atomic mass is 16.6. The Morgan fingerprint density at radius 3 is 2.39 bits per heavy atom. The van der Waals surface area contributed by atoms with E-state index in [2.05, 4.69) is 10.3 Å². The summed E-state index contributed by atoms with van der Waals surface area (Å²) >= 11 is 0. The molecule has 0 rings (SSSR count). The first-order valence-corrected chi connectivity index (χ1v) is 5.59. The molecule has 0 aliphatic heterocycles. The van der Waals surface area contributed by atoms with Gasteiger partial charge in [-0.15, -0.1) is 0 Å². The van der Waals surface area contributed by atoms with Gasteiger partial charge in [0.1, 0.15) is 23.1 Å². The van der Waals surface area contributed by atoms with Crippen molar-refractivity contribution in [1.29, 1.82) is 5.26 Å². The molecule has 0 aromatic rings. The number of nitrogens with zero attached hydrogens (tertiary/aromatic N) is 2. The normalized spacial score (nSPS) is 13.2. The quantitative estimate of drug-likeness (QED) is 0.443. The van der Waals surface area contributed by atoms with Gasteiger partial charge in [0.05, 0.1) is 0 Å². The molecule has 6 nitrogen and oxygen atoms in total. The van der Waals surface area contributed by atoms with Crippen LogP contribution in [0.25, 0.3) is 0 Å². The summed E-state index contributed by atoms with van der Waals surface area (Å²) in [6.45, 7) is 8.88. The summed E-state index contributed by atoms with van der Waals surface area (Å²) in [4.78, 5) is 15.7. The van der Waals surface area contributed by atoms with E-state index in [1.165, 1.54) is 0 Å². The van der Waals surface area contributed by atoms with E-state index < -0.39 is 11.7 Å². The summed E-state index contributed by atoms with van der Waals surface area (Å²) in [6, 6.07) is 1.78. The van der Waals surface area contributed by atoms with Crippen molar-refractivity contribution in [2.24, 2.45) is 10.7 Å². The average molecular weight is 252 g/mol. The van der Waals surface area contributed by atoms with Crippen molar-refractivity contribution in [1.82, 2.24) is 5.32 Å². The third-order valence-corrected chi connectivity index (χ3v) is 1.55. The van der Waals surface area contributed by atoms with Crippen LogP contribution in [0.2, 0.25) is 0 Å². The van der Waals surface area contributed by atoms with E-state index in [0.717, 1.165) is 6.20 Å². The Morgan fingerprint density at radius 1 is 1.50 bits per heavy atom. The molecule has 0 aliphatic rings. The number of ether oxygens (including phenoxy) is 1. The highest BCUT2D eigenvalue weighted by molar-refractivity contribution is 6.08. The lowest BCUT2D eigenvalue weighted by Crippen LogP contribution is -2.37. The molecule has 0 bridgehead atoms. The van der Waals surface area contributed by atoms with E-state index in [9.17, 15) is 4.79 Å². The molecule has 0 atom stereocenters. The molecule has 0 saturated carbocycles. The second-order valence-corrected chi connectivity index (χ2v) is 4.89. The van der Waals surface area contributed by atoms with Crippen molar-refractivity contribution in [2.45, 2.75) is 46.3 Å². The number of amidine groups is 1. The topological polar surface area (TPSA) is 100 Å². The summed E-state index contributed by atoms with van der Waals surface area (Å²) in [5.74, 6) is 0.115. The number of nitrogens with two attached hydrogens (primary N) is 1. The van der Waals surface area contributed by atoms with E-state index in [1.807, 2.05) is 19.9 Å². The maximum Gasteiger partial charge on any atom is 0.413 e. The van der Waals surface area contributed by atoms with Gasteiger partial charge in [0.25, 0.3) is 0 Å². The Hall–Kier alpha value is -2.03. The summed E-state index contributed by atoms with van der Waals surface area (Å²) in [5.41, 5.74) is 4.78. The van der Waals surface area contributed by atoms with Crippen LogP contribution in [-0.2, 0) is 4.74 Å². The fourth-order valence-corrected chi connectivity index (χ4v) is 0.997. The second-order valence-electron chi connectivity index (χ2n) is 4.89. The minimum absolute atomic E-state index is 0.0850. The van der Waals surface area contributed by atoms with Crippen molar-refractivity contribution in [3.05, 3.63) is 11.8 Å². The van der Waals surface area contributed by atoms with Crippen LogP contribution < -0.4 is 11.1 Å². The molecule has 0 spiro atoms. The number of carbonyl (C=O) groups is 1. The SMILES string of the molecule is CC(C)N=C(NC(=O)OC(C)(C)C)/C(C#N)=C\N. The molecular formula is C12H20N4O2. The maximum absolute atomic E-state index is 11.6. The zero-order valence-corrected chi connectivity index (χ0v) is 11.4. The molecule has 100 valence electrons. The van der Waals surface area contributed by atoms with E-state index in [4.69, 9.17) is 15.7 Å². The van der Waals surface area contributed by atoms with Crippen LogP contribution >= 0.6 is 0 Å². The van der Waals surface area contributed by atoms with Crippen LogP contribution in [0.3, 0.4) is 0 Å². The van der Waals surface area contributed by atoms with Gasteiger partial charge in [-0.3, -0.25) is 10.3 Å². The molecule has 0 aromatic heterocycles. The lowest BCUT2D eigenvalue weighted by Gasteiger charge is -2.20. The lowest BCUT2D eigenvalue weighted by molar-refractivity contribution is 0.0563. The van der Waals surface area contributed by atoms with Gasteiger partial charge in [-0.25, -0.2) is 4.79 Å². The molecule has 0 fully saturated rings. The smallest absolute Gasteiger partial charge is 0.413 e. The van der Waals surface area contributed by atoms with Crippen LogP contribution in [0.4, 0.5) is 4.79 Å². The molecule has 0 aromatic carbocycles. The molecule has 18 heavy (non-hydrogen) atoms. The van der Waals surface area contributed by atoms with Gasteiger partial charge in [-0.2, -0.15) is 5.26 Å². The first-order valence-electron chi connectivity index (χ1n) is 5.59. The van der Waals surface area contributed by atoms with Gasteiger partial charge < -0.3 is 10.5 Å². The molecule has 3 N–H and O–H groups in total. The highest BCUT2D eigenvalue weighted by Crippen LogP contribution is 2.07. The molecule has 1 amide bonds. The summed E-state index contributed by atoms with van der Waals surface area (Å²) in [5, 5.41) is 11.3. The van der Waals surface area contributed by atoms with Crippen LogP contribution in [0, 0.1) is 11.3 Å². The van der Waals surface area contributed by atoms with Gasteiger partial charge in [0, 0.05) is 12.2 Å². The van der Waals surface area contributed by atoms with E-state index >= 15 is 0 Å². The fourth-order valence-electron chi connectivity index (χ4n) is 0.997. The van der Waals surface area contributed by atoms with E-state index in [0.29, 0.717) is 0 Å². The number of nitrogens with one attached hydrogen (secondary N) is 1. The molecule has 0 saturated heterocycles. The van der Waals surface area contributed by atoms with Crippen molar-refractivity contribution >= 4 is 11.9 Å². The zero-order valence-electron chi connectivity index (χ0n) is 11.4. The Bertz CT molecular complexity index is 397. The molecule has 0 aliphatic carbocycles. The van der Waals surface area contributed by atoms with Crippen molar-refractivity contribution in [2.75, 3.05) is 0 Å². The minimum atomic E-state index is -0.670. The van der Waals surface area contributed by atoms with Gasteiger partial charge in [-0.1, -0.05) is 0 Å². The summed E-state index contributed by atoms with van der Waals surface area (Å²) in [7, 11) is 0. The first kappa shape index (κ1) is 16.0. The van der Waals surface area contributed by atoms with E-state index in [-0.39, 0.29) is 17.5 Å². The molecule has 6 heteroatoms. The van der Waals surface area contributed by atoms with Gasteiger partial charge in [-0.05, 0) is 34.6 Å². The summed E-state index contributed by atoms with van der Waals surface area (Å²) < 4.78 is 5.08. The third kappa shape index (κ3) is 6.53. The Balaban J connectivity index is 4.95. The van der Waals surface area contributed by atoms with Crippen LogP contribution in [0.1, 0.15) is 34.6 Å². The Morgan fingerprint density at radius 2 is 2.06 bits per heavy atom. The molecular weight excluding hydrogens is 232 g/mol.